The zero-order valence-corrected chi connectivity index (χ0v) is 14.1. The van der Waals surface area contributed by atoms with Gasteiger partial charge in [-0.05, 0) is 26.7 Å². The monoisotopic (exact) mass is 310 g/mol. The smallest absolute Gasteiger partial charge is 0.239 e. The van der Waals surface area contributed by atoms with Crippen LogP contribution in [0.5, 0.6) is 0 Å². The maximum absolute atomic E-state index is 12.4. The molecule has 0 aromatic rings. The first kappa shape index (κ1) is 17.2. The fourth-order valence-corrected chi connectivity index (χ4v) is 3.20. The second-order valence-electron chi connectivity index (χ2n) is 6.72. The lowest BCUT2D eigenvalue weighted by Crippen LogP contribution is -2.56. The number of hydrogen-bond acceptors (Lipinski definition) is 4. The van der Waals surface area contributed by atoms with Crippen molar-refractivity contribution in [3.8, 4) is 0 Å². The van der Waals surface area contributed by atoms with Crippen molar-refractivity contribution >= 4 is 11.8 Å². The maximum Gasteiger partial charge on any atom is 0.239 e. The van der Waals surface area contributed by atoms with Crippen molar-refractivity contribution in [3.63, 3.8) is 0 Å². The zero-order chi connectivity index (χ0) is 16.3. The van der Waals surface area contributed by atoms with Gasteiger partial charge in [-0.2, -0.15) is 0 Å². The average Bonchev–Trinajstić information content (AvgIpc) is 3.06. The number of rotatable bonds is 4. The van der Waals surface area contributed by atoms with E-state index in [4.69, 9.17) is 5.73 Å². The van der Waals surface area contributed by atoms with Crippen LogP contribution in [0.4, 0.5) is 0 Å². The van der Waals surface area contributed by atoms with Crippen molar-refractivity contribution in [1.82, 2.24) is 14.7 Å². The molecule has 2 N–H and O–H groups in total. The molecule has 2 heterocycles. The van der Waals surface area contributed by atoms with Crippen molar-refractivity contribution in [2.24, 2.45) is 11.7 Å². The summed E-state index contributed by atoms with van der Waals surface area (Å²) in [5.41, 5.74) is 5.82. The summed E-state index contributed by atoms with van der Waals surface area (Å²) in [6, 6.07) is -0.206. The third-order valence-electron chi connectivity index (χ3n) is 5.13. The quantitative estimate of drug-likeness (QED) is 0.801. The molecule has 0 aliphatic carbocycles. The van der Waals surface area contributed by atoms with Crippen molar-refractivity contribution in [1.29, 1.82) is 0 Å². The lowest BCUT2D eigenvalue weighted by molar-refractivity contribution is -0.140. The summed E-state index contributed by atoms with van der Waals surface area (Å²) in [6.07, 6.45) is 2.24. The molecule has 0 saturated carbocycles. The summed E-state index contributed by atoms with van der Waals surface area (Å²) in [4.78, 5) is 30.8. The van der Waals surface area contributed by atoms with Crippen molar-refractivity contribution in [2.75, 3.05) is 39.3 Å². The predicted octanol–water partition coefficient (Wildman–Crippen LogP) is 0.125. The topological polar surface area (TPSA) is 69.9 Å². The number of carbonyl (C=O) groups excluding carboxylic acids is 2. The molecular formula is C16H30N4O2. The number of likely N-dealkylation sites (tertiary alicyclic amines) is 1. The van der Waals surface area contributed by atoms with E-state index in [2.05, 4.69) is 4.90 Å². The Morgan fingerprint density at radius 1 is 0.818 bits per heavy atom. The number of carbonyl (C=O) groups is 2. The molecule has 126 valence electrons. The Labute approximate surface area is 133 Å². The number of piperazine rings is 1. The van der Waals surface area contributed by atoms with Gasteiger partial charge in [0.25, 0.3) is 0 Å². The Bertz CT molecular complexity index is 399. The van der Waals surface area contributed by atoms with Gasteiger partial charge in [0.1, 0.15) is 0 Å². The fraction of sp³-hybridized carbons (Fsp3) is 0.875. The third kappa shape index (κ3) is 3.79. The molecule has 0 radical (unpaired) electrons. The van der Waals surface area contributed by atoms with Gasteiger partial charge in [-0.1, -0.05) is 6.92 Å². The number of nitrogens with zero attached hydrogens (tertiary/aromatic N) is 3. The second-order valence-corrected chi connectivity index (χ2v) is 6.72. The number of nitrogens with two attached hydrogens (primary N) is 1. The van der Waals surface area contributed by atoms with Crippen LogP contribution in [0.3, 0.4) is 0 Å². The highest BCUT2D eigenvalue weighted by Gasteiger charge is 2.32. The van der Waals surface area contributed by atoms with Crippen LogP contribution in [0.1, 0.15) is 33.6 Å². The molecule has 0 aromatic carbocycles. The Morgan fingerprint density at radius 2 is 1.32 bits per heavy atom. The minimum atomic E-state index is -0.143. The normalized spacial score (nSPS) is 24.2. The van der Waals surface area contributed by atoms with E-state index in [9.17, 15) is 9.59 Å². The highest BCUT2D eigenvalue weighted by molar-refractivity contribution is 5.82. The molecule has 22 heavy (non-hydrogen) atoms. The van der Waals surface area contributed by atoms with Gasteiger partial charge < -0.3 is 15.5 Å². The number of hydrogen-bond donors (Lipinski definition) is 1. The van der Waals surface area contributed by atoms with Gasteiger partial charge in [0, 0.05) is 45.3 Å². The average molecular weight is 310 g/mol. The van der Waals surface area contributed by atoms with E-state index in [1.807, 2.05) is 30.6 Å². The Hall–Kier alpha value is -1.14. The van der Waals surface area contributed by atoms with Gasteiger partial charge in [0.2, 0.25) is 11.8 Å². The molecule has 3 atom stereocenters. The molecule has 2 fully saturated rings. The first-order valence-corrected chi connectivity index (χ1v) is 8.49. The maximum atomic E-state index is 12.4. The molecule has 2 saturated heterocycles. The van der Waals surface area contributed by atoms with E-state index in [0.29, 0.717) is 13.1 Å². The molecule has 0 bridgehead atoms. The van der Waals surface area contributed by atoms with Gasteiger partial charge in [0.15, 0.2) is 0 Å². The van der Waals surface area contributed by atoms with Crippen LogP contribution in [-0.4, -0.2) is 77.9 Å². The second kappa shape index (κ2) is 7.42. The Morgan fingerprint density at radius 3 is 1.82 bits per heavy atom. The first-order valence-electron chi connectivity index (χ1n) is 8.49. The number of amides is 2. The van der Waals surface area contributed by atoms with E-state index in [1.165, 1.54) is 0 Å². The fourth-order valence-electron chi connectivity index (χ4n) is 3.20. The Kier molecular flexibility index (Phi) is 5.81. The minimum Gasteiger partial charge on any atom is -0.341 e. The van der Waals surface area contributed by atoms with Crippen LogP contribution in [0.2, 0.25) is 0 Å². The molecular weight excluding hydrogens is 280 g/mol. The molecule has 2 aliphatic rings. The molecule has 0 aromatic heterocycles. The zero-order valence-electron chi connectivity index (χ0n) is 14.1. The summed E-state index contributed by atoms with van der Waals surface area (Å²) >= 11 is 0. The van der Waals surface area contributed by atoms with E-state index in [0.717, 1.165) is 39.0 Å². The Balaban J connectivity index is 1.83. The van der Waals surface area contributed by atoms with Crippen LogP contribution in [0.15, 0.2) is 0 Å². The molecule has 2 aliphatic heterocycles. The SMILES string of the molecule is CC(N)C(C)C(=O)N1CCN(C(C)C(=O)N2CCCC2)CC1. The molecule has 0 spiro atoms. The van der Waals surface area contributed by atoms with Gasteiger partial charge in [-0.25, -0.2) is 0 Å². The van der Waals surface area contributed by atoms with Crippen molar-refractivity contribution < 1.29 is 9.59 Å². The van der Waals surface area contributed by atoms with Gasteiger partial charge in [-0.15, -0.1) is 0 Å². The summed E-state index contributed by atoms with van der Waals surface area (Å²) in [7, 11) is 0. The lowest BCUT2D eigenvalue weighted by atomic mass is 10.0. The summed E-state index contributed by atoms with van der Waals surface area (Å²) in [5.74, 6) is 0.226. The standard InChI is InChI=1S/C16H30N4O2/c1-12(13(2)17)15(21)20-10-8-18(9-11-20)14(3)16(22)19-6-4-5-7-19/h12-14H,4-11,17H2,1-3H3. The van der Waals surface area contributed by atoms with E-state index in [-0.39, 0.29) is 29.8 Å². The molecule has 2 amide bonds. The van der Waals surface area contributed by atoms with Crippen LogP contribution >= 0.6 is 0 Å². The van der Waals surface area contributed by atoms with Crippen LogP contribution in [0.25, 0.3) is 0 Å². The van der Waals surface area contributed by atoms with Gasteiger partial charge in [0.05, 0.1) is 12.0 Å². The van der Waals surface area contributed by atoms with Crippen LogP contribution < -0.4 is 5.73 Å². The van der Waals surface area contributed by atoms with Gasteiger partial charge >= 0.3 is 0 Å². The minimum absolute atomic E-state index is 0.0822. The lowest BCUT2D eigenvalue weighted by Gasteiger charge is -2.39. The predicted molar refractivity (Wildman–Crippen MR) is 86.2 cm³/mol. The van der Waals surface area contributed by atoms with E-state index >= 15 is 0 Å². The van der Waals surface area contributed by atoms with Crippen LogP contribution in [-0.2, 0) is 9.59 Å². The molecule has 2 rings (SSSR count). The highest BCUT2D eigenvalue weighted by Crippen LogP contribution is 2.15. The van der Waals surface area contributed by atoms with Crippen molar-refractivity contribution in [2.45, 2.75) is 45.7 Å². The molecule has 6 heteroatoms. The van der Waals surface area contributed by atoms with E-state index < -0.39 is 0 Å². The van der Waals surface area contributed by atoms with E-state index in [1.54, 1.807) is 0 Å². The van der Waals surface area contributed by atoms with Crippen molar-refractivity contribution in [3.05, 3.63) is 0 Å². The third-order valence-corrected chi connectivity index (χ3v) is 5.13. The van der Waals surface area contributed by atoms with Gasteiger partial charge in [-0.3, -0.25) is 14.5 Å². The molecule has 6 nitrogen and oxygen atoms in total. The summed E-state index contributed by atoms with van der Waals surface area (Å²) in [5, 5.41) is 0. The summed E-state index contributed by atoms with van der Waals surface area (Å²) in [6.45, 7) is 10.4. The highest BCUT2D eigenvalue weighted by atomic mass is 16.2. The first-order chi connectivity index (χ1) is 10.4. The molecule has 3 unspecified atom stereocenters. The van der Waals surface area contributed by atoms with Crippen LogP contribution in [0, 0.1) is 5.92 Å². The largest absolute Gasteiger partial charge is 0.341 e. The summed E-state index contributed by atoms with van der Waals surface area (Å²) < 4.78 is 0.